The minimum Gasteiger partial charge on any atom is -0.352 e. The second-order valence-electron chi connectivity index (χ2n) is 7.06. The van der Waals surface area contributed by atoms with Gasteiger partial charge in [-0.25, -0.2) is 9.37 Å². The van der Waals surface area contributed by atoms with Gasteiger partial charge in [-0.2, -0.15) is 0 Å². The molecule has 4 rings (SSSR count). The molecule has 0 atom stereocenters. The van der Waals surface area contributed by atoms with Crippen LogP contribution in [0.5, 0.6) is 0 Å². The summed E-state index contributed by atoms with van der Waals surface area (Å²) in [6, 6.07) is 6.54. The van der Waals surface area contributed by atoms with Crippen LogP contribution in [0.4, 0.5) is 21.5 Å². The summed E-state index contributed by atoms with van der Waals surface area (Å²) >= 11 is 8.05. The number of aromatic nitrogens is 2. The number of rotatable bonds is 6. The zero-order valence-electron chi connectivity index (χ0n) is 15.6. The van der Waals surface area contributed by atoms with Crippen LogP contribution in [0, 0.1) is 18.7 Å². The van der Waals surface area contributed by atoms with Gasteiger partial charge in [0, 0.05) is 18.5 Å². The van der Waals surface area contributed by atoms with Crippen molar-refractivity contribution in [3.63, 3.8) is 0 Å². The monoisotopic (exact) mass is 418 g/mol. The number of hydrogen-bond donors (Lipinski definition) is 2. The molecule has 1 fully saturated rings. The maximum absolute atomic E-state index is 14.5. The maximum atomic E-state index is 14.5. The topological polar surface area (TPSA) is 59.0 Å². The van der Waals surface area contributed by atoms with Crippen LogP contribution >= 0.6 is 23.5 Å². The Labute approximate surface area is 171 Å². The molecule has 1 aromatic heterocycles. The average Bonchev–Trinajstić information content (AvgIpc) is 3.49. The van der Waals surface area contributed by atoms with Gasteiger partial charge in [0.15, 0.2) is 0 Å². The van der Waals surface area contributed by atoms with Gasteiger partial charge in [0.25, 0.3) is 5.56 Å². The summed E-state index contributed by atoms with van der Waals surface area (Å²) in [4.78, 5) is 16.8. The first kappa shape index (κ1) is 19.1. The van der Waals surface area contributed by atoms with E-state index in [0.29, 0.717) is 27.8 Å². The standard InChI is InChI=1S/C20H20ClFN4OS/c1-11-14(7-8-15-17(11)20(27)26(2)10-23-15)24-19-13(22)5-6-16(18(19)21)25-28-9-12-3-4-12/h5-8,10,12,24-25H,3-4,9H2,1-2H3. The molecule has 8 heteroatoms. The summed E-state index contributed by atoms with van der Waals surface area (Å²) in [5.74, 6) is 1.32. The molecule has 2 N–H and O–H groups in total. The van der Waals surface area contributed by atoms with Crippen molar-refractivity contribution in [3.05, 3.63) is 57.3 Å². The highest BCUT2D eigenvalue weighted by atomic mass is 35.5. The Morgan fingerprint density at radius 3 is 2.79 bits per heavy atom. The molecule has 0 amide bonds. The molecule has 0 bridgehead atoms. The van der Waals surface area contributed by atoms with Gasteiger partial charge in [-0.3, -0.25) is 4.79 Å². The van der Waals surface area contributed by atoms with Crippen molar-refractivity contribution in [1.29, 1.82) is 0 Å². The van der Waals surface area contributed by atoms with Crippen molar-refractivity contribution in [2.45, 2.75) is 19.8 Å². The molecule has 1 heterocycles. The summed E-state index contributed by atoms with van der Waals surface area (Å²) in [7, 11) is 1.65. The van der Waals surface area contributed by atoms with Crippen molar-refractivity contribution in [2.75, 3.05) is 15.8 Å². The third kappa shape index (κ3) is 3.69. The normalized spacial score (nSPS) is 13.7. The summed E-state index contributed by atoms with van der Waals surface area (Å²) in [5.41, 5.74) is 2.60. The molecule has 0 radical (unpaired) electrons. The molecular formula is C20H20ClFN4OS. The van der Waals surface area contributed by atoms with E-state index in [1.54, 1.807) is 37.2 Å². The molecule has 0 saturated heterocycles. The fraction of sp³-hybridized carbons (Fsp3) is 0.300. The van der Waals surface area contributed by atoms with Crippen LogP contribution in [0.25, 0.3) is 10.9 Å². The molecule has 3 aromatic rings. The van der Waals surface area contributed by atoms with E-state index in [2.05, 4.69) is 15.0 Å². The van der Waals surface area contributed by atoms with Crippen molar-refractivity contribution < 1.29 is 4.39 Å². The lowest BCUT2D eigenvalue weighted by atomic mass is 10.1. The summed E-state index contributed by atoms with van der Waals surface area (Å²) < 4.78 is 19.1. The first-order chi connectivity index (χ1) is 13.5. The van der Waals surface area contributed by atoms with Crippen LogP contribution in [0.2, 0.25) is 5.02 Å². The number of nitrogens with zero attached hydrogens (tertiary/aromatic N) is 2. The van der Waals surface area contributed by atoms with Gasteiger partial charge < -0.3 is 14.6 Å². The lowest BCUT2D eigenvalue weighted by Crippen LogP contribution is -2.18. The Hall–Kier alpha value is -2.25. The molecule has 1 aliphatic carbocycles. The fourth-order valence-electron chi connectivity index (χ4n) is 2.99. The third-order valence-corrected chi connectivity index (χ3v) is 6.29. The number of anilines is 3. The van der Waals surface area contributed by atoms with E-state index in [4.69, 9.17) is 11.6 Å². The number of fused-ring (bicyclic) bond motifs is 1. The van der Waals surface area contributed by atoms with E-state index < -0.39 is 5.82 Å². The van der Waals surface area contributed by atoms with Gasteiger partial charge in [-0.05, 0) is 55.5 Å². The van der Waals surface area contributed by atoms with E-state index in [1.165, 1.54) is 29.8 Å². The van der Waals surface area contributed by atoms with Gasteiger partial charge in [0.05, 0.1) is 33.6 Å². The van der Waals surface area contributed by atoms with E-state index in [-0.39, 0.29) is 16.3 Å². The van der Waals surface area contributed by atoms with Crippen molar-refractivity contribution in [2.24, 2.45) is 13.0 Å². The number of halogens is 2. The Kier molecular flexibility index (Phi) is 5.21. The highest BCUT2D eigenvalue weighted by molar-refractivity contribution is 8.00. The van der Waals surface area contributed by atoms with E-state index in [0.717, 1.165) is 11.7 Å². The number of nitrogens with one attached hydrogen (secondary N) is 2. The van der Waals surface area contributed by atoms with Crippen LogP contribution in [0.3, 0.4) is 0 Å². The second-order valence-corrected chi connectivity index (χ2v) is 8.26. The lowest BCUT2D eigenvalue weighted by molar-refractivity contribution is 0.632. The molecule has 1 aliphatic rings. The van der Waals surface area contributed by atoms with Crippen molar-refractivity contribution >= 4 is 51.5 Å². The van der Waals surface area contributed by atoms with E-state index >= 15 is 0 Å². The van der Waals surface area contributed by atoms with Crippen LogP contribution in [-0.4, -0.2) is 15.3 Å². The molecular weight excluding hydrogens is 399 g/mol. The summed E-state index contributed by atoms with van der Waals surface area (Å²) in [5, 5.41) is 3.85. The van der Waals surface area contributed by atoms with Gasteiger partial charge in [-0.1, -0.05) is 23.5 Å². The molecule has 0 unspecified atom stereocenters. The minimum absolute atomic E-state index is 0.149. The molecule has 28 heavy (non-hydrogen) atoms. The zero-order chi connectivity index (χ0) is 19.8. The number of aryl methyl sites for hydroxylation is 2. The van der Waals surface area contributed by atoms with Crippen LogP contribution in [0.1, 0.15) is 18.4 Å². The van der Waals surface area contributed by atoms with Gasteiger partial charge in [-0.15, -0.1) is 0 Å². The van der Waals surface area contributed by atoms with Gasteiger partial charge in [0.2, 0.25) is 0 Å². The zero-order valence-corrected chi connectivity index (χ0v) is 17.1. The molecule has 1 saturated carbocycles. The van der Waals surface area contributed by atoms with Crippen LogP contribution < -0.4 is 15.6 Å². The smallest absolute Gasteiger partial charge is 0.261 e. The molecule has 146 valence electrons. The molecule has 2 aromatic carbocycles. The average molecular weight is 419 g/mol. The predicted molar refractivity (Wildman–Crippen MR) is 115 cm³/mol. The highest BCUT2D eigenvalue weighted by Gasteiger charge is 2.21. The Balaban J connectivity index is 1.67. The Bertz CT molecular complexity index is 1110. The van der Waals surface area contributed by atoms with Gasteiger partial charge >= 0.3 is 0 Å². The maximum Gasteiger partial charge on any atom is 0.261 e. The number of hydrogen-bond acceptors (Lipinski definition) is 5. The van der Waals surface area contributed by atoms with Gasteiger partial charge in [0.1, 0.15) is 5.82 Å². The highest BCUT2D eigenvalue weighted by Crippen LogP contribution is 2.38. The van der Waals surface area contributed by atoms with Crippen LogP contribution in [0.15, 0.2) is 35.4 Å². The first-order valence-corrected chi connectivity index (χ1v) is 10.4. The molecule has 5 nitrogen and oxygen atoms in total. The van der Waals surface area contributed by atoms with E-state index in [9.17, 15) is 9.18 Å². The van der Waals surface area contributed by atoms with Crippen molar-refractivity contribution in [3.8, 4) is 0 Å². The molecule has 0 aliphatic heterocycles. The SMILES string of the molecule is Cc1c(Nc2c(F)ccc(NSCC3CC3)c2Cl)ccc2ncn(C)c(=O)c12. The Morgan fingerprint density at radius 2 is 2.04 bits per heavy atom. The largest absolute Gasteiger partial charge is 0.352 e. The summed E-state index contributed by atoms with van der Waals surface area (Å²) in [6.45, 7) is 1.81. The second kappa shape index (κ2) is 7.64. The quantitative estimate of drug-likeness (QED) is 0.535. The summed E-state index contributed by atoms with van der Waals surface area (Å²) in [6.07, 6.45) is 4.03. The van der Waals surface area contributed by atoms with Crippen molar-refractivity contribution in [1.82, 2.24) is 9.55 Å². The predicted octanol–water partition coefficient (Wildman–Crippen LogP) is 5.25. The fourth-order valence-corrected chi connectivity index (χ4v) is 4.27. The minimum atomic E-state index is -0.457. The lowest BCUT2D eigenvalue weighted by Gasteiger charge is -2.16. The first-order valence-electron chi connectivity index (χ1n) is 9.03. The van der Waals surface area contributed by atoms with E-state index in [1.807, 2.05) is 6.92 Å². The number of benzene rings is 2. The van der Waals surface area contributed by atoms with Crippen LogP contribution in [-0.2, 0) is 7.05 Å². The Morgan fingerprint density at radius 1 is 1.29 bits per heavy atom. The molecule has 0 spiro atoms. The third-order valence-electron chi connectivity index (χ3n) is 4.90.